The smallest absolute Gasteiger partial charge is 0.343 e. The number of nitrogens with zero attached hydrogens (tertiary/aromatic N) is 3. The zero-order valence-electron chi connectivity index (χ0n) is 16.2. The third-order valence-electron chi connectivity index (χ3n) is 4.25. The molecular weight excluding hydrogens is 390 g/mol. The molecular formula is C21H17N3O6. The largest absolute Gasteiger partial charge is 0.512 e. The lowest BCUT2D eigenvalue weighted by Crippen LogP contribution is -2.18. The maximum atomic E-state index is 12.6. The van der Waals surface area contributed by atoms with E-state index in [0.717, 1.165) is 0 Å². The number of benzene rings is 2. The fourth-order valence-electron chi connectivity index (χ4n) is 2.89. The number of allylic oxidation sites excluding steroid dienone is 1. The fraction of sp³-hybridized carbons (Fsp3) is 0.143. The molecule has 0 radical (unpaired) electrons. The Morgan fingerprint density at radius 1 is 1.13 bits per heavy atom. The van der Waals surface area contributed by atoms with E-state index in [9.17, 15) is 24.8 Å². The third kappa shape index (κ3) is 4.00. The molecule has 0 spiro atoms. The molecule has 0 aliphatic carbocycles. The van der Waals surface area contributed by atoms with E-state index in [1.807, 2.05) is 0 Å². The van der Waals surface area contributed by atoms with Gasteiger partial charge in [0.05, 0.1) is 17.2 Å². The van der Waals surface area contributed by atoms with Crippen molar-refractivity contribution < 1.29 is 24.4 Å². The van der Waals surface area contributed by atoms with Crippen molar-refractivity contribution in [3.8, 4) is 0 Å². The van der Waals surface area contributed by atoms with E-state index in [-0.39, 0.29) is 40.7 Å². The van der Waals surface area contributed by atoms with Crippen molar-refractivity contribution in [2.24, 2.45) is 9.98 Å². The van der Waals surface area contributed by atoms with Gasteiger partial charge >= 0.3 is 5.97 Å². The van der Waals surface area contributed by atoms with Gasteiger partial charge in [0, 0.05) is 28.8 Å². The van der Waals surface area contributed by atoms with Gasteiger partial charge in [0.1, 0.15) is 11.3 Å². The van der Waals surface area contributed by atoms with Crippen LogP contribution in [0.5, 0.6) is 0 Å². The molecule has 0 aromatic heterocycles. The number of non-ortho nitro benzene ring substituents is 1. The number of fused-ring (bicyclic) bond motifs is 1. The Kier molecular flexibility index (Phi) is 5.82. The van der Waals surface area contributed by atoms with Crippen LogP contribution in [0.2, 0.25) is 0 Å². The monoisotopic (exact) mass is 407 g/mol. The van der Waals surface area contributed by atoms with Gasteiger partial charge in [-0.25, -0.2) is 9.79 Å². The molecule has 0 saturated carbocycles. The van der Waals surface area contributed by atoms with Gasteiger partial charge in [0.15, 0.2) is 5.84 Å². The molecule has 0 bridgehead atoms. The molecule has 2 aromatic carbocycles. The van der Waals surface area contributed by atoms with E-state index < -0.39 is 16.8 Å². The number of rotatable bonds is 5. The van der Waals surface area contributed by atoms with Crippen molar-refractivity contribution in [1.29, 1.82) is 0 Å². The van der Waals surface area contributed by atoms with Crippen LogP contribution in [0.25, 0.3) is 0 Å². The zero-order chi connectivity index (χ0) is 21.8. The van der Waals surface area contributed by atoms with Crippen LogP contribution in [-0.2, 0) is 9.53 Å². The zero-order valence-corrected chi connectivity index (χ0v) is 16.2. The van der Waals surface area contributed by atoms with E-state index in [1.165, 1.54) is 31.2 Å². The van der Waals surface area contributed by atoms with Gasteiger partial charge in [-0.1, -0.05) is 24.3 Å². The topological polar surface area (TPSA) is 131 Å². The van der Waals surface area contributed by atoms with Crippen molar-refractivity contribution in [2.75, 3.05) is 6.61 Å². The molecule has 0 fully saturated rings. The van der Waals surface area contributed by atoms with Crippen molar-refractivity contribution in [1.82, 2.24) is 0 Å². The van der Waals surface area contributed by atoms with E-state index in [4.69, 9.17) is 4.74 Å². The van der Waals surface area contributed by atoms with Gasteiger partial charge in [-0.15, -0.1) is 0 Å². The van der Waals surface area contributed by atoms with Crippen molar-refractivity contribution in [3.05, 3.63) is 86.7 Å². The lowest BCUT2D eigenvalue weighted by molar-refractivity contribution is -0.384. The molecule has 1 aliphatic rings. The maximum absolute atomic E-state index is 12.6. The number of hydrogen-bond acceptors (Lipinski definition) is 6. The second-order valence-electron chi connectivity index (χ2n) is 6.23. The predicted molar refractivity (Wildman–Crippen MR) is 109 cm³/mol. The summed E-state index contributed by atoms with van der Waals surface area (Å²) in [6, 6.07) is 11.9. The predicted octanol–water partition coefficient (Wildman–Crippen LogP) is 3.38. The summed E-state index contributed by atoms with van der Waals surface area (Å²) in [5.41, 5.74) is 1.06. The second-order valence-corrected chi connectivity index (χ2v) is 6.23. The Morgan fingerprint density at radius 3 is 2.33 bits per heavy atom. The number of nitro benzene ring substituents is 1. The Morgan fingerprint density at radius 2 is 1.77 bits per heavy atom. The lowest BCUT2D eigenvalue weighted by atomic mass is 9.99. The summed E-state index contributed by atoms with van der Waals surface area (Å²) >= 11 is 0. The fourth-order valence-corrected chi connectivity index (χ4v) is 2.89. The summed E-state index contributed by atoms with van der Waals surface area (Å²) in [7, 11) is 0. The average molecular weight is 407 g/mol. The second kappa shape index (κ2) is 8.48. The Balaban J connectivity index is 2.04. The number of aliphatic hydroxyl groups is 1. The van der Waals surface area contributed by atoms with E-state index in [0.29, 0.717) is 11.1 Å². The Labute approximate surface area is 171 Å². The first-order chi connectivity index (χ1) is 14.3. The Bertz CT molecular complexity index is 1130. The first-order valence-electron chi connectivity index (χ1n) is 8.96. The first-order valence-corrected chi connectivity index (χ1v) is 8.96. The molecule has 2 aromatic rings. The quantitative estimate of drug-likeness (QED) is 0.266. The van der Waals surface area contributed by atoms with E-state index in [2.05, 4.69) is 9.98 Å². The Hall–Kier alpha value is -4.14. The molecule has 0 unspecified atom stereocenters. The molecule has 9 nitrogen and oxygen atoms in total. The number of amidine groups is 1. The number of ether oxygens (including phenoxy) is 1. The number of aliphatic imine (C=N–C) groups is 2. The molecule has 1 amide bonds. The minimum atomic E-state index is -0.742. The van der Waals surface area contributed by atoms with Crippen molar-refractivity contribution >= 4 is 29.1 Å². The minimum Gasteiger partial charge on any atom is -0.512 e. The van der Waals surface area contributed by atoms with Crippen LogP contribution >= 0.6 is 0 Å². The first kappa shape index (κ1) is 20.6. The number of carbonyl (C=O) groups is 2. The summed E-state index contributed by atoms with van der Waals surface area (Å²) in [6.45, 7) is 3.10. The summed E-state index contributed by atoms with van der Waals surface area (Å²) in [5, 5.41) is 20.8. The van der Waals surface area contributed by atoms with Crippen molar-refractivity contribution in [3.63, 3.8) is 0 Å². The number of aliphatic hydroxyl groups excluding tert-OH is 1. The highest BCUT2D eigenvalue weighted by Gasteiger charge is 2.30. The number of hydrogen-bond donors (Lipinski definition) is 1. The van der Waals surface area contributed by atoms with Gasteiger partial charge in [-0.3, -0.25) is 14.9 Å². The highest BCUT2D eigenvalue weighted by atomic mass is 16.6. The molecule has 0 saturated heterocycles. The summed E-state index contributed by atoms with van der Waals surface area (Å²) in [4.78, 5) is 43.4. The van der Waals surface area contributed by atoms with Crippen LogP contribution in [0, 0.1) is 10.1 Å². The standard InChI is InChI=1S/C21H17N3O6/c1-3-30-21(27)17(12(2)25)18-15-6-4-5-7-16(15)19(22-18)23-20(26)13-8-10-14(11-9-13)24(28)29/h4-11,25H,3H2,1-2H3/b17-12-,23-19?. The number of carbonyl (C=O) groups excluding carboxylic acids is 2. The van der Waals surface area contributed by atoms with Gasteiger partial charge in [0.2, 0.25) is 0 Å². The molecule has 30 heavy (non-hydrogen) atoms. The number of amides is 1. The molecule has 9 heteroatoms. The lowest BCUT2D eigenvalue weighted by Gasteiger charge is -2.08. The number of nitro groups is 1. The summed E-state index contributed by atoms with van der Waals surface area (Å²) in [6.07, 6.45) is 0. The van der Waals surface area contributed by atoms with Crippen LogP contribution in [0.4, 0.5) is 5.69 Å². The summed E-state index contributed by atoms with van der Waals surface area (Å²) < 4.78 is 5.01. The van der Waals surface area contributed by atoms with Crippen LogP contribution in [-0.4, -0.2) is 40.1 Å². The van der Waals surface area contributed by atoms with Crippen molar-refractivity contribution in [2.45, 2.75) is 13.8 Å². The molecule has 152 valence electrons. The van der Waals surface area contributed by atoms with Crippen LogP contribution < -0.4 is 0 Å². The van der Waals surface area contributed by atoms with Crippen LogP contribution in [0.15, 0.2) is 69.8 Å². The molecule has 3 rings (SSSR count). The minimum absolute atomic E-state index is 0.0620. The molecule has 1 aliphatic heterocycles. The average Bonchev–Trinajstić information content (AvgIpc) is 3.06. The van der Waals surface area contributed by atoms with Gasteiger partial charge < -0.3 is 9.84 Å². The number of esters is 1. The van der Waals surface area contributed by atoms with E-state index in [1.54, 1.807) is 31.2 Å². The molecule has 1 heterocycles. The van der Waals surface area contributed by atoms with E-state index >= 15 is 0 Å². The van der Waals surface area contributed by atoms with Gasteiger partial charge in [-0.05, 0) is 26.0 Å². The van der Waals surface area contributed by atoms with Gasteiger partial charge in [-0.2, -0.15) is 4.99 Å². The normalized spacial score (nSPS) is 14.6. The SMILES string of the molecule is CCOC(=O)/C(C1=NC(=NC(=O)c2ccc([N+](=O)[O-])cc2)c2ccccc21)=C(/C)O. The van der Waals surface area contributed by atoms with Gasteiger partial charge in [0.25, 0.3) is 11.6 Å². The molecule has 0 atom stereocenters. The highest BCUT2D eigenvalue weighted by molar-refractivity contribution is 6.36. The third-order valence-corrected chi connectivity index (χ3v) is 4.25. The maximum Gasteiger partial charge on any atom is 0.343 e. The highest BCUT2D eigenvalue weighted by Crippen LogP contribution is 2.26. The van der Waals surface area contributed by atoms with Crippen LogP contribution in [0.1, 0.15) is 35.3 Å². The van der Waals surface area contributed by atoms with Crippen LogP contribution in [0.3, 0.4) is 0 Å². The summed E-state index contributed by atoms with van der Waals surface area (Å²) in [5.74, 6) is -1.60. The molecule has 1 N–H and O–H groups in total.